The van der Waals surface area contributed by atoms with Gasteiger partial charge in [-0.1, -0.05) is 0 Å². The molecule has 0 aliphatic carbocycles. The molecule has 1 aromatic carbocycles. The molecule has 0 amide bonds. The first kappa shape index (κ1) is 9.58. The van der Waals surface area contributed by atoms with Crippen LogP contribution in [0.25, 0.3) is 0 Å². The molecule has 2 N–H and O–H groups in total. The van der Waals surface area contributed by atoms with E-state index < -0.39 is 0 Å². The summed E-state index contributed by atoms with van der Waals surface area (Å²) in [6.07, 6.45) is 0. The molecule has 3 heteroatoms. The van der Waals surface area contributed by atoms with Crippen molar-refractivity contribution in [1.82, 2.24) is 0 Å². The van der Waals surface area contributed by atoms with Crippen molar-refractivity contribution >= 4 is 11.5 Å². The Balaban J connectivity index is 3.38. The van der Waals surface area contributed by atoms with Crippen molar-refractivity contribution in [2.45, 2.75) is 13.8 Å². The summed E-state index contributed by atoms with van der Waals surface area (Å²) < 4.78 is 5.12. The van der Waals surface area contributed by atoms with Crippen molar-refractivity contribution in [1.29, 1.82) is 0 Å². The lowest BCUT2D eigenvalue weighted by Crippen LogP contribution is -2.01. The summed E-state index contributed by atoms with van der Waals surface area (Å²) in [5.74, 6) is 0.562. The molecule has 0 aromatic heterocycles. The molecule has 0 saturated carbocycles. The molecule has 0 atom stereocenters. The highest BCUT2D eigenvalue weighted by molar-refractivity contribution is 5.97. The van der Waals surface area contributed by atoms with Crippen LogP contribution >= 0.6 is 0 Å². The number of ketones is 1. The van der Waals surface area contributed by atoms with Gasteiger partial charge in [-0.3, -0.25) is 4.79 Å². The van der Waals surface area contributed by atoms with E-state index in [1.165, 1.54) is 14.0 Å². The number of anilines is 1. The monoisotopic (exact) mass is 179 g/mol. The van der Waals surface area contributed by atoms with Gasteiger partial charge in [-0.25, -0.2) is 0 Å². The van der Waals surface area contributed by atoms with Crippen LogP contribution in [0.2, 0.25) is 0 Å². The maximum atomic E-state index is 11.2. The number of ether oxygens (including phenoxy) is 1. The zero-order valence-corrected chi connectivity index (χ0v) is 8.05. The second-order valence-corrected chi connectivity index (χ2v) is 2.92. The number of nitrogen functional groups attached to an aromatic ring is 1. The standard InChI is InChI=1S/C10H13NO2/c1-6-9(11)5-4-8(7(2)12)10(6)13-3/h4-5H,11H2,1-3H3. The van der Waals surface area contributed by atoms with Crippen molar-refractivity contribution in [2.24, 2.45) is 0 Å². The van der Waals surface area contributed by atoms with Crippen LogP contribution in [0.1, 0.15) is 22.8 Å². The Morgan fingerprint density at radius 1 is 1.46 bits per heavy atom. The highest BCUT2D eigenvalue weighted by atomic mass is 16.5. The average molecular weight is 179 g/mol. The quantitative estimate of drug-likeness (QED) is 0.556. The minimum Gasteiger partial charge on any atom is -0.496 e. The molecular formula is C10H13NO2. The summed E-state index contributed by atoms with van der Waals surface area (Å²) in [6.45, 7) is 3.34. The fraction of sp³-hybridized carbons (Fsp3) is 0.300. The number of benzene rings is 1. The van der Waals surface area contributed by atoms with Crippen molar-refractivity contribution in [3.8, 4) is 5.75 Å². The van der Waals surface area contributed by atoms with Gasteiger partial charge in [-0.15, -0.1) is 0 Å². The zero-order valence-electron chi connectivity index (χ0n) is 8.05. The van der Waals surface area contributed by atoms with Crippen molar-refractivity contribution < 1.29 is 9.53 Å². The summed E-state index contributed by atoms with van der Waals surface area (Å²) in [5.41, 5.74) is 7.71. The molecule has 3 nitrogen and oxygen atoms in total. The fourth-order valence-electron chi connectivity index (χ4n) is 1.25. The minimum atomic E-state index is -0.0139. The molecular weight excluding hydrogens is 166 g/mol. The summed E-state index contributed by atoms with van der Waals surface area (Å²) in [6, 6.07) is 3.40. The summed E-state index contributed by atoms with van der Waals surface area (Å²) in [7, 11) is 1.54. The number of hydrogen-bond acceptors (Lipinski definition) is 3. The molecule has 13 heavy (non-hydrogen) atoms. The molecule has 0 radical (unpaired) electrons. The number of nitrogens with two attached hydrogens (primary N) is 1. The molecule has 0 fully saturated rings. The maximum absolute atomic E-state index is 11.2. The van der Waals surface area contributed by atoms with Gasteiger partial charge in [0.25, 0.3) is 0 Å². The van der Waals surface area contributed by atoms with Gasteiger partial charge in [0.1, 0.15) is 5.75 Å². The van der Waals surface area contributed by atoms with Crippen LogP contribution in [-0.4, -0.2) is 12.9 Å². The van der Waals surface area contributed by atoms with Crippen molar-refractivity contribution in [3.05, 3.63) is 23.3 Å². The second-order valence-electron chi connectivity index (χ2n) is 2.92. The Morgan fingerprint density at radius 3 is 2.54 bits per heavy atom. The van der Waals surface area contributed by atoms with E-state index in [9.17, 15) is 4.79 Å². The molecule has 1 aromatic rings. The van der Waals surface area contributed by atoms with Crippen LogP contribution in [0.15, 0.2) is 12.1 Å². The van der Waals surface area contributed by atoms with Crippen LogP contribution < -0.4 is 10.5 Å². The number of carbonyl (C=O) groups is 1. The number of Topliss-reactive ketones (excluding diaryl/α,β-unsaturated/α-hetero) is 1. The summed E-state index contributed by atoms with van der Waals surface area (Å²) >= 11 is 0. The molecule has 70 valence electrons. The Kier molecular flexibility index (Phi) is 2.56. The van der Waals surface area contributed by atoms with Crippen molar-refractivity contribution in [2.75, 3.05) is 12.8 Å². The molecule has 0 bridgehead atoms. The molecule has 0 unspecified atom stereocenters. The maximum Gasteiger partial charge on any atom is 0.163 e. The molecule has 0 aliphatic heterocycles. The van der Waals surface area contributed by atoms with E-state index in [0.29, 0.717) is 17.0 Å². The highest BCUT2D eigenvalue weighted by Crippen LogP contribution is 2.27. The van der Waals surface area contributed by atoms with Crippen LogP contribution in [0, 0.1) is 6.92 Å². The first-order valence-electron chi connectivity index (χ1n) is 4.02. The Bertz CT molecular complexity index is 345. The third-order valence-corrected chi connectivity index (χ3v) is 2.03. The Morgan fingerprint density at radius 2 is 2.08 bits per heavy atom. The van der Waals surface area contributed by atoms with Gasteiger partial charge in [-0.05, 0) is 26.0 Å². The van der Waals surface area contributed by atoms with Crippen LogP contribution in [0.3, 0.4) is 0 Å². The largest absolute Gasteiger partial charge is 0.496 e. The van der Waals surface area contributed by atoms with E-state index in [1.54, 1.807) is 12.1 Å². The lowest BCUT2D eigenvalue weighted by molar-refractivity contribution is 0.101. The first-order chi connectivity index (χ1) is 6.07. The lowest BCUT2D eigenvalue weighted by Gasteiger charge is -2.10. The average Bonchev–Trinajstić information content (AvgIpc) is 2.09. The minimum absolute atomic E-state index is 0.0139. The SMILES string of the molecule is COc1c(C(C)=O)ccc(N)c1C. The van der Waals surface area contributed by atoms with Gasteiger partial charge in [0, 0.05) is 11.3 Å². The van der Waals surface area contributed by atoms with Gasteiger partial charge >= 0.3 is 0 Å². The topological polar surface area (TPSA) is 52.3 Å². The molecule has 0 spiro atoms. The number of methoxy groups -OCH3 is 1. The van der Waals surface area contributed by atoms with Gasteiger partial charge in [0.2, 0.25) is 0 Å². The molecule has 0 saturated heterocycles. The zero-order chi connectivity index (χ0) is 10.0. The van der Waals surface area contributed by atoms with E-state index in [-0.39, 0.29) is 5.78 Å². The first-order valence-corrected chi connectivity index (χ1v) is 4.02. The van der Waals surface area contributed by atoms with E-state index in [4.69, 9.17) is 10.5 Å². The number of rotatable bonds is 2. The van der Waals surface area contributed by atoms with Crippen molar-refractivity contribution in [3.63, 3.8) is 0 Å². The smallest absolute Gasteiger partial charge is 0.163 e. The normalized spacial score (nSPS) is 9.77. The van der Waals surface area contributed by atoms with Crippen LogP contribution in [0.4, 0.5) is 5.69 Å². The molecule has 0 aliphatic rings. The Labute approximate surface area is 77.5 Å². The number of carbonyl (C=O) groups excluding carboxylic acids is 1. The fourth-order valence-corrected chi connectivity index (χ4v) is 1.25. The summed E-state index contributed by atoms with van der Waals surface area (Å²) in [5, 5.41) is 0. The van der Waals surface area contributed by atoms with Gasteiger partial charge < -0.3 is 10.5 Å². The van der Waals surface area contributed by atoms with E-state index in [2.05, 4.69) is 0 Å². The molecule has 0 heterocycles. The summed E-state index contributed by atoms with van der Waals surface area (Å²) in [4.78, 5) is 11.2. The molecule has 1 rings (SSSR count). The van der Waals surface area contributed by atoms with E-state index in [0.717, 1.165) is 5.56 Å². The lowest BCUT2D eigenvalue weighted by atomic mass is 10.1. The van der Waals surface area contributed by atoms with E-state index >= 15 is 0 Å². The van der Waals surface area contributed by atoms with Crippen LogP contribution in [0.5, 0.6) is 5.75 Å². The number of hydrogen-bond donors (Lipinski definition) is 1. The predicted octanol–water partition coefficient (Wildman–Crippen LogP) is 1.79. The van der Waals surface area contributed by atoms with Gasteiger partial charge in [-0.2, -0.15) is 0 Å². The third-order valence-electron chi connectivity index (χ3n) is 2.03. The third kappa shape index (κ3) is 1.64. The van der Waals surface area contributed by atoms with Crippen LogP contribution in [-0.2, 0) is 0 Å². The predicted molar refractivity (Wildman–Crippen MR) is 52.1 cm³/mol. The second kappa shape index (κ2) is 3.47. The Hall–Kier alpha value is -1.51. The van der Waals surface area contributed by atoms with Gasteiger partial charge in [0.15, 0.2) is 5.78 Å². The van der Waals surface area contributed by atoms with E-state index in [1.807, 2.05) is 6.92 Å². The highest BCUT2D eigenvalue weighted by Gasteiger charge is 2.11. The van der Waals surface area contributed by atoms with Gasteiger partial charge in [0.05, 0.1) is 12.7 Å².